The second kappa shape index (κ2) is 39.9. The van der Waals surface area contributed by atoms with Gasteiger partial charge in [-0.3, -0.25) is 19.2 Å². The van der Waals surface area contributed by atoms with Crippen LogP contribution in [0, 0.1) is 29.8 Å². The van der Waals surface area contributed by atoms with Crippen LogP contribution in [-0.4, -0.2) is 70.5 Å². The maximum Gasteiger partial charge on any atom is 1.00 e. The summed E-state index contributed by atoms with van der Waals surface area (Å²) < 4.78 is 8.21. The van der Waals surface area contributed by atoms with Crippen LogP contribution in [0.5, 0.6) is 0 Å². The van der Waals surface area contributed by atoms with Crippen LogP contribution in [0.3, 0.4) is 0 Å². The number of nitriles is 1. The number of nitrogens with zero attached hydrogens (tertiary/aromatic N) is 6. The number of nitrogens with two attached hydrogens (primary N) is 2. The maximum absolute atomic E-state index is 12.2. The first-order chi connectivity index (χ1) is 40.4. The van der Waals surface area contributed by atoms with Crippen LogP contribution in [-0.2, 0) is 37.8 Å². The summed E-state index contributed by atoms with van der Waals surface area (Å²) in [6.07, 6.45) is 11.9. The van der Waals surface area contributed by atoms with Crippen molar-refractivity contribution in [2.24, 2.45) is 33.9 Å². The number of carbonyl (C=O) groups excluding carboxylic acids is 4. The Morgan fingerprint density at radius 2 is 1.09 bits per heavy atom. The van der Waals surface area contributed by atoms with Gasteiger partial charge >= 0.3 is 59.1 Å². The third-order valence-electron chi connectivity index (χ3n) is 12.2. The van der Waals surface area contributed by atoms with Gasteiger partial charge in [0.25, 0.3) is 5.91 Å². The van der Waals surface area contributed by atoms with Crippen LogP contribution >= 0.6 is 30.4 Å². The Kier molecular flexibility index (Phi) is 36.7. The molecule has 7 heterocycles. The number of rotatable bonds is 10. The Balaban J connectivity index is 0.00000108. The minimum absolute atomic E-state index is 0. The standard InChI is InChI=1S/C21H19OP.C14H14N4OS.C12H11N3S.C9H11NO.C6H7NO.C4H9O.CH3O.2CH4.2Na/c1-18(22)17-23(19-11-5-2-6-12-19,20-13-7-3-8-14-20)21-15-9-4-10-16-21;1-7-6-8(9-4-3-5-18(9)2)10-11(15)12(13(16)19)20-14(10)17-7;1-8-6-9(10(7-13)12(16)14-8)11-4-3-5-15(11)2;1-8(11)5-6-9-4-3-7-10(9)2;1-7-4-2-3-6(7)5-8;1-4(2,3)5;1-2;;;;/h2-17H,1H3;3-6H,15H2,1-2H3,(H2,16,19);3-6H,1-2H3,(H,14,16);3-7H,1-2H3;2-5H,1H3;1-3H3;1H3;2*1H4;;/q;;;;;2*-1;;;2*+1/b;;;6-5+;;;;;;;. The van der Waals surface area contributed by atoms with E-state index in [1.807, 2.05) is 202 Å². The van der Waals surface area contributed by atoms with E-state index < -0.39 is 18.4 Å². The number of aromatic amines is 1. The van der Waals surface area contributed by atoms with E-state index in [1.54, 1.807) is 51.3 Å². The van der Waals surface area contributed by atoms with Crippen LogP contribution in [0.25, 0.3) is 38.8 Å². The number of benzene rings is 3. The van der Waals surface area contributed by atoms with Crippen LogP contribution < -0.4 is 96.7 Å². The van der Waals surface area contributed by atoms with Crippen molar-refractivity contribution in [2.45, 2.75) is 68.9 Å². The van der Waals surface area contributed by atoms with E-state index in [-0.39, 0.29) is 85.5 Å². The number of aryl methyl sites for hydroxylation is 6. The summed E-state index contributed by atoms with van der Waals surface area (Å²) in [6.45, 7) is 9.85. The van der Waals surface area contributed by atoms with Crippen LogP contribution in [0.15, 0.2) is 183 Å². The number of hydrogen-bond donors (Lipinski definition) is 3. The number of anilines is 1. The Hall–Kier alpha value is -7.01. The van der Waals surface area contributed by atoms with Crippen LogP contribution in [0.4, 0.5) is 5.69 Å². The van der Waals surface area contributed by atoms with Crippen molar-refractivity contribution in [3.8, 4) is 28.6 Å². The van der Waals surface area contributed by atoms with Gasteiger partial charge < -0.3 is 44.9 Å². The molecular formula is C69H82N9Na2O6PS2. The number of amides is 1. The first-order valence-electron chi connectivity index (χ1n) is 26.7. The van der Waals surface area contributed by atoms with E-state index in [1.165, 1.54) is 27.3 Å². The average molecular weight is 1270 g/mol. The molecule has 20 heteroatoms. The van der Waals surface area contributed by atoms with E-state index >= 15 is 0 Å². The molecule has 0 saturated heterocycles. The summed E-state index contributed by atoms with van der Waals surface area (Å²) >= 11 is 6.40. The van der Waals surface area contributed by atoms with E-state index in [0.717, 1.165) is 63.2 Å². The molecule has 1 amide bonds. The SMILES string of the molecule is C.C.CC(=O)/C=C/c1cccn1C.CC(=O)C=P(c1ccccc1)(c1ccccc1)c1ccccc1.CC(C)(C)[O-].C[O-].Cc1cc(-c2cccn2C)c(C#N)c(=S)[nH]1.Cc1cc(-c2cccn2C)c2c(N)c(C(N)=O)sc2n1.Cn1cccc1C=O.[Na+].[Na+]. The summed E-state index contributed by atoms with van der Waals surface area (Å²) in [5.41, 5.74) is 19.2. The predicted octanol–water partition coefficient (Wildman–Crippen LogP) is 5.46. The van der Waals surface area contributed by atoms with Crippen molar-refractivity contribution < 1.29 is 88.5 Å². The predicted molar refractivity (Wildman–Crippen MR) is 364 cm³/mol. The third kappa shape index (κ3) is 24.0. The first-order valence-corrected chi connectivity index (χ1v) is 29.7. The number of hydrogen-bond acceptors (Lipinski definition) is 11. The molecule has 0 bridgehead atoms. The van der Waals surface area contributed by atoms with Gasteiger partial charge in [-0.25, -0.2) is 4.98 Å². The maximum atomic E-state index is 12.2. The number of nitrogens with one attached hydrogen (secondary N) is 1. The van der Waals surface area contributed by atoms with Gasteiger partial charge in [-0.05, 0) is 129 Å². The number of primary amides is 1. The molecule has 15 nitrogen and oxygen atoms in total. The van der Waals surface area contributed by atoms with Gasteiger partial charge in [0.05, 0.1) is 16.9 Å². The fourth-order valence-corrected chi connectivity index (χ4v) is 13.6. The summed E-state index contributed by atoms with van der Waals surface area (Å²) in [5.74, 6) is 1.61. The number of fused-ring (bicyclic) bond motifs is 1. The molecule has 0 atom stereocenters. The number of pyridine rings is 2. The Labute approximate surface area is 579 Å². The zero-order valence-electron chi connectivity index (χ0n) is 52.1. The number of nitrogen functional groups attached to an aromatic ring is 1. The molecule has 89 heavy (non-hydrogen) atoms. The van der Waals surface area contributed by atoms with E-state index in [9.17, 15) is 24.3 Å². The van der Waals surface area contributed by atoms with Crippen molar-refractivity contribution in [3.05, 3.63) is 220 Å². The molecule has 10 rings (SSSR count). The number of H-pyrrole nitrogens is 1. The van der Waals surface area contributed by atoms with Gasteiger partial charge in [-0.2, -0.15) is 12.4 Å². The van der Waals surface area contributed by atoms with Gasteiger partial charge in [-0.15, -0.1) is 16.9 Å². The molecule has 5 N–H and O–H groups in total. The zero-order chi connectivity index (χ0) is 63.0. The van der Waals surface area contributed by atoms with E-state index in [4.69, 9.17) is 34.1 Å². The zero-order valence-corrected chi connectivity index (χ0v) is 58.6. The van der Waals surface area contributed by atoms with Crippen molar-refractivity contribution in [2.75, 3.05) is 12.8 Å². The molecule has 458 valence electrons. The van der Waals surface area contributed by atoms with Gasteiger partial charge in [0.15, 0.2) is 17.9 Å². The molecule has 0 aliphatic rings. The van der Waals surface area contributed by atoms with Gasteiger partial charge in [0.2, 0.25) is 0 Å². The Morgan fingerprint density at radius 1 is 0.674 bits per heavy atom. The monoisotopic (exact) mass is 1270 g/mol. The first kappa shape index (κ1) is 82.0. The Morgan fingerprint density at radius 3 is 1.44 bits per heavy atom. The molecule has 7 aromatic heterocycles. The molecule has 10 aromatic rings. The molecule has 0 aliphatic carbocycles. The largest absolute Gasteiger partial charge is 1.00 e. The van der Waals surface area contributed by atoms with E-state index in [0.29, 0.717) is 26.5 Å². The third-order valence-corrected chi connectivity index (χ3v) is 17.7. The number of Topliss-reactive ketones (excluding diaryl/α,β-unsaturated/α-hetero) is 1. The smallest absolute Gasteiger partial charge is 0.857 e. The van der Waals surface area contributed by atoms with Crippen LogP contribution in [0.1, 0.15) is 92.3 Å². The molecule has 0 unspecified atom stereocenters. The summed E-state index contributed by atoms with van der Waals surface area (Å²) in [6, 6.07) is 52.6. The molecule has 0 aliphatic heterocycles. The number of aromatic nitrogens is 6. The Bertz CT molecular complexity index is 3910. The molecule has 0 saturated carbocycles. The quantitative estimate of drug-likeness (QED) is 0.0514. The van der Waals surface area contributed by atoms with Crippen molar-refractivity contribution in [1.29, 1.82) is 5.26 Å². The number of ketones is 2. The van der Waals surface area contributed by atoms with Gasteiger partial charge in [-0.1, -0.05) is 139 Å². The van der Waals surface area contributed by atoms with Crippen LogP contribution in [0.2, 0.25) is 0 Å². The molecule has 0 spiro atoms. The summed E-state index contributed by atoms with van der Waals surface area (Å²) in [4.78, 5) is 52.8. The second-order valence-corrected chi connectivity index (χ2v) is 24.8. The summed E-state index contributed by atoms with van der Waals surface area (Å²) in [7, 11) is 8.45. The molecule has 0 fully saturated rings. The molecular weight excluding hydrogens is 1190 g/mol. The van der Waals surface area contributed by atoms with Crippen molar-refractivity contribution in [1.82, 2.24) is 28.2 Å². The summed E-state index contributed by atoms with van der Waals surface area (Å²) in [5, 5.41) is 31.9. The van der Waals surface area contributed by atoms with Gasteiger partial charge in [0.1, 0.15) is 20.4 Å². The minimum Gasteiger partial charge on any atom is -0.857 e. The molecule has 3 aromatic carbocycles. The number of thiophene rings is 1. The topological polar surface area (TPSA) is 239 Å². The number of carbonyl (C=O) groups is 4. The van der Waals surface area contributed by atoms with Crippen molar-refractivity contribution in [3.63, 3.8) is 0 Å². The van der Waals surface area contributed by atoms with E-state index in [2.05, 4.69) is 52.4 Å². The normalized spacial score (nSPS) is 10.0. The number of allylic oxidation sites excluding steroid dienone is 1. The van der Waals surface area contributed by atoms with Crippen molar-refractivity contribution >= 4 is 97.9 Å². The molecule has 0 radical (unpaired) electrons. The number of aldehydes is 1. The fourth-order valence-electron chi connectivity index (χ4n) is 8.49. The van der Waals surface area contributed by atoms with Gasteiger partial charge in [0, 0.05) is 98.0 Å². The minimum atomic E-state index is -2.08. The second-order valence-electron chi connectivity index (χ2n) is 20.1. The average Bonchev–Trinajstić information content (AvgIpc) is 1.99. The fraction of sp³-hybridized carbons (Fsp3) is 0.217.